The zero-order valence-electron chi connectivity index (χ0n) is 22.3. The molecule has 1 N–H and O–H groups in total. The van der Waals surface area contributed by atoms with E-state index in [-0.39, 0.29) is 30.1 Å². The van der Waals surface area contributed by atoms with Crippen LogP contribution in [-0.4, -0.2) is 62.4 Å². The van der Waals surface area contributed by atoms with E-state index < -0.39 is 11.8 Å². The van der Waals surface area contributed by atoms with Crippen LogP contribution < -0.4 is 9.47 Å². The van der Waals surface area contributed by atoms with Crippen LogP contribution >= 0.6 is 11.6 Å². The van der Waals surface area contributed by atoms with E-state index in [1.54, 1.807) is 36.7 Å². The van der Waals surface area contributed by atoms with E-state index in [2.05, 4.69) is 14.5 Å². The Bertz CT molecular complexity index is 1550. The zero-order valence-corrected chi connectivity index (χ0v) is 23.1. The first-order chi connectivity index (χ1) is 19.9. The van der Waals surface area contributed by atoms with Crippen molar-refractivity contribution < 1.29 is 28.5 Å². The van der Waals surface area contributed by atoms with E-state index in [9.17, 15) is 14.3 Å². The highest BCUT2D eigenvalue weighted by molar-refractivity contribution is 6.30. The average Bonchev–Trinajstić information content (AvgIpc) is 3.27. The summed E-state index contributed by atoms with van der Waals surface area (Å²) in [5.41, 5.74) is 2.64. The topological polar surface area (TPSA) is 98.9 Å². The number of fused-ring (bicyclic) bond motifs is 1. The number of aromatic carboxylic acids is 1. The minimum atomic E-state index is -0.952. The van der Waals surface area contributed by atoms with Gasteiger partial charge in [-0.25, -0.2) is 14.2 Å². The van der Waals surface area contributed by atoms with Crippen molar-refractivity contribution in [1.82, 2.24) is 19.4 Å². The Kier molecular flexibility index (Phi) is 8.04. The van der Waals surface area contributed by atoms with Gasteiger partial charge in [-0.2, -0.15) is 0 Å². The number of rotatable bonds is 10. The Morgan fingerprint density at radius 1 is 1.12 bits per heavy atom. The summed E-state index contributed by atoms with van der Waals surface area (Å²) < 4.78 is 33.6. The third kappa shape index (κ3) is 6.45. The first-order valence-electron chi connectivity index (χ1n) is 13.7. The molecule has 0 amide bonds. The highest BCUT2D eigenvalue weighted by Crippen LogP contribution is 2.26. The van der Waals surface area contributed by atoms with Crippen LogP contribution in [0.3, 0.4) is 0 Å². The maximum atomic E-state index is 14.0. The van der Waals surface area contributed by atoms with Gasteiger partial charge in [-0.15, -0.1) is 0 Å². The molecule has 214 valence electrons. The molecule has 4 heterocycles. The molecule has 2 aromatic heterocycles. The van der Waals surface area contributed by atoms with Crippen molar-refractivity contribution in [3.05, 3.63) is 82.6 Å². The number of imidazole rings is 1. The number of ether oxygens (including phenoxy) is 3. The third-order valence-electron chi connectivity index (χ3n) is 7.51. The van der Waals surface area contributed by atoms with Crippen LogP contribution in [0.1, 0.15) is 41.0 Å². The lowest BCUT2D eigenvalue weighted by Gasteiger charge is -2.32. The lowest BCUT2D eigenvalue weighted by Crippen LogP contribution is -2.39. The first kappa shape index (κ1) is 27.4. The second kappa shape index (κ2) is 12.0. The van der Waals surface area contributed by atoms with E-state index in [4.69, 9.17) is 30.8 Å². The summed E-state index contributed by atoms with van der Waals surface area (Å²) in [5, 5.41) is 9.79. The zero-order chi connectivity index (χ0) is 28.3. The lowest BCUT2D eigenvalue weighted by molar-refractivity contribution is -0.0592. The number of carboxylic acids is 1. The summed E-state index contributed by atoms with van der Waals surface area (Å²) in [6.45, 7) is 3.90. The fourth-order valence-corrected chi connectivity index (χ4v) is 5.36. The fourth-order valence-electron chi connectivity index (χ4n) is 5.20. The Hall–Kier alpha value is -3.73. The predicted molar refractivity (Wildman–Crippen MR) is 150 cm³/mol. The minimum absolute atomic E-state index is 0.0400. The van der Waals surface area contributed by atoms with Crippen LogP contribution in [0.4, 0.5) is 4.39 Å². The summed E-state index contributed by atoms with van der Waals surface area (Å²) in [4.78, 5) is 23.0. The van der Waals surface area contributed by atoms with Crippen molar-refractivity contribution in [2.24, 2.45) is 0 Å². The minimum Gasteiger partial charge on any atom is -0.489 e. The van der Waals surface area contributed by atoms with Crippen LogP contribution in [-0.2, 0) is 24.4 Å². The molecule has 41 heavy (non-hydrogen) atoms. The van der Waals surface area contributed by atoms with Crippen molar-refractivity contribution in [3.63, 3.8) is 0 Å². The number of piperidine rings is 1. The Morgan fingerprint density at radius 3 is 2.68 bits per heavy atom. The van der Waals surface area contributed by atoms with Gasteiger partial charge in [0.05, 0.1) is 42.0 Å². The van der Waals surface area contributed by atoms with E-state index in [1.807, 2.05) is 6.07 Å². The molecule has 0 spiro atoms. The van der Waals surface area contributed by atoms with Gasteiger partial charge in [-0.1, -0.05) is 11.6 Å². The quantitative estimate of drug-likeness (QED) is 0.269. The molecule has 1 atom stereocenters. The number of benzene rings is 2. The molecule has 9 nitrogen and oxygen atoms in total. The van der Waals surface area contributed by atoms with E-state index in [1.165, 1.54) is 12.1 Å². The highest BCUT2D eigenvalue weighted by atomic mass is 35.5. The van der Waals surface area contributed by atoms with Crippen molar-refractivity contribution >= 4 is 28.6 Å². The predicted octanol–water partition coefficient (Wildman–Crippen LogP) is 5.33. The van der Waals surface area contributed by atoms with Gasteiger partial charge in [0.2, 0.25) is 0 Å². The van der Waals surface area contributed by atoms with Gasteiger partial charge in [0.1, 0.15) is 24.3 Å². The first-order valence-corrected chi connectivity index (χ1v) is 14.0. The summed E-state index contributed by atoms with van der Waals surface area (Å²) in [6.07, 6.45) is 6.17. The van der Waals surface area contributed by atoms with Crippen LogP contribution in [0.2, 0.25) is 5.02 Å². The van der Waals surface area contributed by atoms with Crippen molar-refractivity contribution in [3.8, 4) is 11.5 Å². The number of carboxylic acid groups (broad SMARTS) is 1. The number of hydrogen-bond acceptors (Lipinski definition) is 7. The molecule has 0 unspecified atom stereocenters. The van der Waals surface area contributed by atoms with Gasteiger partial charge < -0.3 is 23.9 Å². The largest absolute Gasteiger partial charge is 0.489 e. The third-order valence-corrected chi connectivity index (χ3v) is 7.75. The summed E-state index contributed by atoms with van der Waals surface area (Å²) in [7, 11) is 0. The molecule has 11 heteroatoms. The lowest BCUT2D eigenvalue weighted by atomic mass is 10.1. The van der Waals surface area contributed by atoms with Crippen molar-refractivity contribution in [2.75, 3.05) is 19.7 Å². The summed E-state index contributed by atoms with van der Waals surface area (Å²) >= 11 is 5.81. The molecule has 0 bridgehead atoms. The van der Waals surface area contributed by atoms with Crippen LogP contribution in [0.5, 0.6) is 11.5 Å². The molecule has 4 aromatic rings. The number of nitrogens with zero attached hydrogens (tertiary/aromatic N) is 4. The van der Waals surface area contributed by atoms with Gasteiger partial charge >= 0.3 is 5.97 Å². The van der Waals surface area contributed by atoms with Crippen molar-refractivity contribution in [2.45, 2.75) is 51.2 Å². The van der Waals surface area contributed by atoms with Gasteiger partial charge in [0.15, 0.2) is 11.6 Å². The van der Waals surface area contributed by atoms with Crippen molar-refractivity contribution in [1.29, 1.82) is 0 Å². The molecule has 0 aliphatic carbocycles. The van der Waals surface area contributed by atoms with Crippen LogP contribution in [0.15, 0.2) is 54.9 Å². The Morgan fingerprint density at radius 2 is 1.95 bits per heavy atom. The maximum absolute atomic E-state index is 14.0. The van der Waals surface area contributed by atoms with Crippen LogP contribution in [0.25, 0.3) is 11.0 Å². The Balaban J connectivity index is 1.06. The molecule has 2 aromatic carbocycles. The summed E-state index contributed by atoms with van der Waals surface area (Å²) in [6, 6.07) is 11.2. The number of likely N-dealkylation sites (tertiary alicyclic amines) is 1. The van der Waals surface area contributed by atoms with Gasteiger partial charge in [0, 0.05) is 36.5 Å². The van der Waals surface area contributed by atoms with Gasteiger partial charge in [-0.3, -0.25) is 9.88 Å². The summed E-state index contributed by atoms with van der Waals surface area (Å²) in [5.74, 6) is 0.224. The highest BCUT2D eigenvalue weighted by Gasteiger charge is 2.26. The normalized spacial score (nSPS) is 17.9. The molecule has 2 aliphatic rings. The molecule has 6 rings (SSSR count). The maximum Gasteiger partial charge on any atom is 0.335 e. The smallest absolute Gasteiger partial charge is 0.335 e. The van der Waals surface area contributed by atoms with E-state index in [0.29, 0.717) is 23.9 Å². The molecule has 0 radical (unpaired) electrons. The number of hydrogen-bond donors (Lipinski definition) is 1. The fraction of sp³-hybridized carbons (Fsp3) is 0.367. The molecular weight excluding hydrogens is 551 g/mol. The van der Waals surface area contributed by atoms with Gasteiger partial charge in [0.25, 0.3) is 0 Å². The SMILES string of the molecule is O=C(O)c1ccc2nc(CN3CCC(Oc4cncc(COc5ccc(Cl)cc5F)c4)CC3)n(C[C@@H]3CCO3)c2c1. The molecule has 0 saturated carbocycles. The number of pyridine rings is 1. The van der Waals surface area contributed by atoms with E-state index >= 15 is 0 Å². The molecule has 2 aliphatic heterocycles. The number of aromatic nitrogens is 3. The molecule has 2 fully saturated rings. The Labute approximate surface area is 241 Å². The number of halogens is 2. The standard InChI is InChI=1S/C30H30ClFN4O5/c31-21-2-4-28(25(32)13-21)40-18-19-11-24(15-33-14-19)41-22-5-8-35(9-6-22)17-29-34-26-3-1-20(30(37)38)12-27(26)36(29)16-23-7-10-39-23/h1-4,11-15,22-23H,5-10,16-18H2,(H,37,38)/t23-/m0/s1. The monoisotopic (exact) mass is 580 g/mol. The van der Waals surface area contributed by atoms with E-state index in [0.717, 1.165) is 61.4 Å². The molecule has 2 saturated heterocycles. The second-order valence-electron chi connectivity index (χ2n) is 10.4. The van der Waals surface area contributed by atoms with Crippen LogP contribution in [0, 0.1) is 5.82 Å². The number of carbonyl (C=O) groups is 1. The molecular formula is C30H30ClFN4O5. The average molecular weight is 581 g/mol. The second-order valence-corrected chi connectivity index (χ2v) is 10.9. The van der Waals surface area contributed by atoms with Gasteiger partial charge in [-0.05, 0) is 61.7 Å².